The number of rotatable bonds is 4. The number of benzene rings is 2. The number of nitrogens with two attached hydrogens (primary N) is 1. The number of hydrogen-bond acceptors (Lipinski definition) is 2. The van der Waals surface area contributed by atoms with Gasteiger partial charge in [-0.25, -0.2) is 8.78 Å². The lowest BCUT2D eigenvalue weighted by Crippen LogP contribution is -2.40. The Morgan fingerprint density at radius 1 is 1.08 bits per heavy atom. The van der Waals surface area contributed by atoms with Gasteiger partial charge in [-0.15, -0.1) is 0 Å². The number of hydrogen-bond donors (Lipinski definition) is 1. The molecule has 1 aliphatic rings. The van der Waals surface area contributed by atoms with Gasteiger partial charge >= 0.3 is 0 Å². The van der Waals surface area contributed by atoms with Crippen molar-refractivity contribution in [3.05, 3.63) is 65.7 Å². The molecule has 2 N–H and O–H groups in total. The van der Waals surface area contributed by atoms with Crippen LogP contribution in [0.2, 0.25) is 0 Å². The first-order chi connectivity index (χ1) is 12.0. The van der Waals surface area contributed by atoms with E-state index in [2.05, 4.69) is 0 Å². The van der Waals surface area contributed by atoms with Crippen LogP contribution in [0.3, 0.4) is 0 Å². The molecule has 2 aromatic rings. The summed E-state index contributed by atoms with van der Waals surface area (Å²) in [5.41, 5.74) is 7.01. The van der Waals surface area contributed by atoms with E-state index in [0.29, 0.717) is 17.7 Å². The fraction of sp³-hybridized carbons (Fsp3) is 0.350. The van der Waals surface area contributed by atoms with Crippen LogP contribution in [0.1, 0.15) is 31.2 Å². The molecule has 1 saturated carbocycles. The molecule has 0 aliphatic heterocycles. The Morgan fingerprint density at radius 2 is 1.80 bits per heavy atom. The van der Waals surface area contributed by atoms with Crippen molar-refractivity contribution in [1.29, 1.82) is 0 Å². The second-order valence-corrected chi connectivity index (χ2v) is 6.62. The topological polar surface area (TPSA) is 46.3 Å². The van der Waals surface area contributed by atoms with Gasteiger partial charge in [0.15, 0.2) is 0 Å². The van der Waals surface area contributed by atoms with Crippen molar-refractivity contribution in [2.75, 3.05) is 4.90 Å². The van der Waals surface area contributed by atoms with Crippen molar-refractivity contribution < 1.29 is 13.6 Å². The normalized spacial score (nSPS) is 20.3. The minimum absolute atomic E-state index is 0.0197. The lowest BCUT2D eigenvalue weighted by atomic mass is 9.85. The lowest BCUT2D eigenvalue weighted by Gasteiger charge is -2.31. The molecule has 0 aromatic heterocycles. The number of carbonyl (C=O) groups is 1. The Morgan fingerprint density at radius 3 is 2.48 bits per heavy atom. The molecule has 3 rings (SSSR count). The van der Waals surface area contributed by atoms with Crippen LogP contribution in [0, 0.1) is 17.6 Å². The third-order valence-corrected chi connectivity index (χ3v) is 4.75. The number of nitrogens with zero attached hydrogens (tertiary/aromatic N) is 1. The van der Waals surface area contributed by atoms with Gasteiger partial charge in [0.05, 0.1) is 6.54 Å². The quantitative estimate of drug-likeness (QED) is 0.911. The maximum atomic E-state index is 14.1. The average molecular weight is 344 g/mol. The van der Waals surface area contributed by atoms with Gasteiger partial charge < -0.3 is 10.6 Å². The second-order valence-electron chi connectivity index (χ2n) is 6.62. The minimum Gasteiger partial charge on any atom is -0.328 e. The van der Waals surface area contributed by atoms with E-state index >= 15 is 0 Å². The molecule has 2 atom stereocenters. The van der Waals surface area contributed by atoms with Crippen molar-refractivity contribution in [3.8, 4) is 0 Å². The van der Waals surface area contributed by atoms with Gasteiger partial charge in [0, 0.05) is 23.2 Å². The molecule has 5 heteroatoms. The smallest absolute Gasteiger partial charge is 0.230 e. The van der Waals surface area contributed by atoms with Gasteiger partial charge in [-0.05, 0) is 49.6 Å². The number of carbonyl (C=O) groups excluding carboxylic acids is 1. The van der Waals surface area contributed by atoms with Crippen molar-refractivity contribution in [2.45, 2.75) is 38.3 Å². The van der Waals surface area contributed by atoms with Gasteiger partial charge in [-0.1, -0.05) is 24.6 Å². The molecular formula is C20H22F2N2O. The number of halogens is 2. The first-order valence-corrected chi connectivity index (χ1v) is 8.60. The molecule has 2 unspecified atom stereocenters. The highest BCUT2D eigenvalue weighted by Gasteiger charge is 2.30. The predicted molar refractivity (Wildman–Crippen MR) is 93.9 cm³/mol. The Balaban J connectivity index is 1.89. The molecule has 1 amide bonds. The zero-order valence-corrected chi connectivity index (χ0v) is 14.0. The van der Waals surface area contributed by atoms with E-state index < -0.39 is 0 Å². The summed E-state index contributed by atoms with van der Waals surface area (Å²) < 4.78 is 27.3. The molecule has 0 bridgehead atoms. The molecular weight excluding hydrogens is 322 g/mol. The summed E-state index contributed by atoms with van der Waals surface area (Å²) in [6, 6.07) is 12.1. The molecule has 0 radical (unpaired) electrons. The summed E-state index contributed by atoms with van der Waals surface area (Å²) >= 11 is 0. The van der Waals surface area contributed by atoms with Gasteiger partial charge in [-0.2, -0.15) is 0 Å². The highest BCUT2D eigenvalue weighted by atomic mass is 19.1. The minimum atomic E-state index is -0.373. The van der Waals surface area contributed by atoms with Gasteiger partial charge in [0.25, 0.3) is 0 Å². The third kappa shape index (κ3) is 4.23. The fourth-order valence-corrected chi connectivity index (χ4v) is 3.39. The molecule has 25 heavy (non-hydrogen) atoms. The lowest BCUT2D eigenvalue weighted by molar-refractivity contribution is -0.123. The van der Waals surface area contributed by atoms with E-state index in [1.807, 2.05) is 0 Å². The Bertz CT molecular complexity index is 733. The third-order valence-electron chi connectivity index (χ3n) is 4.75. The van der Waals surface area contributed by atoms with E-state index in [0.717, 1.165) is 19.3 Å². The van der Waals surface area contributed by atoms with Crippen LogP contribution in [-0.4, -0.2) is 11.9 Å². The molecule has 132 valence electrons. The Labute approximate surface area is 146 Å². The summed E-state index contributed by atoms with van der Waals surface area (Å²) in [7, 11) is 0. The number of anilines is 1. The molecule has 0 spiro atoms. The predicted octanol–water partition coefficient (Wildman–Crippen LogP) is 4.02. The first kappa shape index (κ1) is 17.5. The average Bonchev–Trinajstić information content (AvgIpc) is 2.61. The maximum Gasteiger partial charge on any atom is 0.230 e. The highest BCUT2D eigenvalue weighted by Crippen LogP contribution is 2.28. The Kier molecular flexibility index (Phi) is 5.43. The maximum absolute atomic E-state index is 14.1. The molecule has 2 aromatic carbocycles. The number of amides is 1. The van der Waals surface area contributed by atoms with Crippen LogP contribution in [-0.2, 0) is 11.3 Å². The summed E-state index contributed by atoms with van der Waals surface area (Å²) in [4.78, 5) is 14.6. The monoisotopic (exact) mass is 344 g/mol. The van der Waals surface area contributed by atoms with Crippen LogP contribution in [0.4, 0.5) is 14.5 Å². The molecule has 1 aliphatic carbocycles. The summed E-state index contributed by atoms with van der Waals surface area (Å²) in [6.45, 7) is 0.114. The van der Waals surface area contributed by atoms with Crippen molar-refractivity contribution in [1.82, 2.24) is 0 Å². The first-order valence-electron chi connectivity index (χ1n) is 8.60. The molecule has 0 heterocycles. The highest BCUT2D eigenvalue weighted by molar-refractivity contribution is 5.95. The summed E-state index contributed by atoms with van der Waals surface area (Å²) in [6.07, 6.45) is 3.25. The summed E-state index contributed by atoms with van der Waals surface area (Å²) in [5.74, 6) is -0.991. The van der Waals surface area contributed by atoms with Crippen molar-refractivity contribution in [2.24, 2.45) is 11.7 Å². The van der Waals surface area contributed by atoms with Gasteiger partial charge in [-0.3, -0.25) is 4.79 Å². The van der Waals surface area contributed by atoms with Crippen LogP contribution >= 0.6 is 0 Å². The van der Waals surface area contributed by atoms with Crippen LogP contribution in [0.25, 0.3) is 0 Å². The van der Waals surface area contributed by atoms with E-state index in [9.17, 15) is 13.6 Å². The Hall–Kier alpha value is -2.27. The van der Waals surface area contributed by atoms with E-state index in [4.69, 9.17) is 5.73 Å². The van der Waals surface area contributed by atoms with Crippen LogP contribution in [0.15, 0.2) is 48.5 Å². The fourth-order valence-electron chi connectivity index (χ4n) is 3.39. The van der Waals surface area contributed by atoms with Crippen molar-refractivity contribution >= 4 is 11.6 Å². The second kappa shape index (κ2) is 7.74. The van der Waals surface area contributed by atoms with Crippen LogP contribution < -0.4 is 10.6 Å². The van der Waals surface area contributed by atoms with E-state index in [1.165, 1.54) is 18.2 Å². The summed E-state index contributed by atoms with van der Waals surface area (Å²) in [5, 5.41) is 0. The zero-order valence-electron chi connectivity index (χ0n) is 14.0. The van der Waals surface area contributed by atoms with Crippen molar-refractivity contribution in [3.63, 3.8) is 0 Å². The SMILES string of the molecule is NC1CCCC(C(=O)N(Cc2ccccc2F)c2ccc(F)cc2)C1. The molecule has 1 fully saturated rings. The van der Waals surface area contributed by atoms with E-state index in [-0.39, 0.29) is 36.0 Å². The van der Waals surface area contributed by atoms with Gasteiger partial charge in [0.2, 0.25) is 5.91 Å². The zero-order chi connectivity index (χ0) is 17.8. The molecule has 0 saturated heterocycles. The van der Waals surface area contributed by atoms with Crippen LogP contribution in [0.5, 0.6) is 0 Å². The largest absolute Gasteiger partial charge is 0.328 e. The molecule has 3 nitrogen and oxygen atoms in total. The van der Waals surface area contributed by atoms with Gasteiger partial charge in [0.1, 0.15) is 11.6 Å². The standard InChI is InChI=1S/C20H22F2N2O/c21-16-8-10-18(11-9-16)24(13-15-4-1-2-7-19(15)22)20(25)14-5-3-6-17(23)12-14/h1-2,4,7-11,14,17H,3,5-6,12-13,23H2. The van der Waals surface area contributed by atoms with E-state index in [1.54, 1.807) is 35.2 Å².